The van der Waals surface area contributed by atoms with Crippen LogP contribution in [0.3, 0.4) is 0 Å². The molecule has 0 aromatic rings. The number of nitrogens with zero attached hydrogens (tertiary/aromatic N) is 2. The van der Waals surface area contributed by atoms with E-state index in [1.54, 1.807) is 6.07 Å². The lowest BCUT2D eigenvalue weighted by atomic mass is 10.0. The Morgan fingerprint density at radius 3 is 3.00 bits per heavy atom. The molecular formula is C8H9FN2O2. The zero-order valence-corrected chi connectivity index (χ0v) is 6.90. The Kier molecular flexibility index (Phi) is 2.85. The van der Waals surface area contributed by atoms with Gasteiger partial charge in [-0.15, -0.1) is 0 Å². The maximum absolute atomic E-state index is 13.1. The minimum Gasteiger partial charge on any atom is -0.465 e. The number of hydrogen-bond acceptors (Lipinski definition) is 2. The van der Waals surface area contributed by atoms with Crippen LogP contribution >= 0.6 is 0 Å². The van der Waals surface area contributed by atoms with Crippen LogP contribution in [0.5, 0.6) is 0 Å². The Hall–Kier alpha value is -1.57. The summed E-state index contributed by atoms with van der Waals surface area (Å²) in [5.41, 5.74) is 0.389. The van der Waals surface area contributed by atoms with Gasteiger partial charge < -0.3 is 10.0 Å². The van der Waals surface area contributed by atoms with Gasteiger partial charge in [-0.3, -0.25) is 0 Å². The number of piperidine rings is 1. The van der Waals surface area contributed by atoms with Crippen molar-refractivity contribution in [3.05, 3.63) is 11.6 Å². The predicted molar refractivity (Wildman–Crippen MR) is 42.8 cm³/mol. The van der Waals surface area contributed by atoms with Gasteiger partial charge in [-0.05, 0) is 12.0 Å². The average molecular weight is 184 g/mol. The Balaban J connectivity index is 2.63. The third-order valence-electron chi connectivity index (χ3n) is 1.97. The lowest BCUT2D eigenvalue weighted by molar-refractivity contribution is 0.123. The van der Waals surface area contributed by atoms with E-state index >= 15 is 0 Å². The molecule has 1 saturated heterocycles. The molecule has 0 bridgehead atoms. The largest absolute Gasteiger partial charge is 0.465 e. The Bertz CT molecular complexity index is 282. The van der Waals surface area contributed by atoms with E-state index in [9.17, 15) is 9.18 Å². The van der Waals surface area contributed by atoms with Gasteiger partial charge in [-0.2, -0.15) is 5.26 Å². The van der Waals surface area contributed by atoms with Gasteiger partial charge in [0.2, 0.25) is 0 Å². The number of carboxylic acid groups (broad SMARTS) is 1. The van der Waals surface area contributed by atoms with E-state index in [1.165, 1.54) is 0 Å². The van der Waals surface area contributed by atoms with Crippen molar-refractivity contribution in [1.82, 2.24) is 4.90 Å². The lowest BCUT2D eigenvalue weighted by Gasteiger charge is -2.28. The van der Waals surface area contributed by atoms with Gasteiger partial charge >= 0.3 is 6.09 Å². The monoisotopic (exact) mass is 184 g/mol. The fourth-order valence-corrected chi connectivity index (χ4v) is 1.24. The smallest absolute Gasteiger partial charge is 0.407 e. The average Bonchev–Trinajstić information content (AvgIpc) is 2.08. The van der Waals surface area contributed by atoms with E-state index < -0.39 is 12.3 Å². The summed E-state index contributed by atoms with van der Waals surface area (Å²) in [4.78, 5) is 11.5. The van der Waals surface area contributed by atoms with Crippen molar-refractivity contribution in [2.24, 2.45) is 0 Å². The van der Waals surface area contributed by atoms with Crippen molar-refractivity contribution in [3.63, 3.8) is 0 Å². The standard InChI is InChI=1S/C8H9FN2O2/c9-7-5-11(8(12)13)4-2-6(7)1-3-10/h1,7H,2,4-5H2,(H,12,13). The van der Waals surface area contributed by atoms with E-state index in [0.29, 0.717) is 12.0 Å². The minimum atomic E-state index is -1.33. The first-order valence-electron chi connectivity index (χ1n) is 3.85. The van der Waals surface area contributed by atoms with Crippen molar-refractivity contribution in [2.45, 2.75) is 12.6 Å². The highest BCUT2D eigenvalue weighted by Crippen LogP contribution is 2.19. The fourth-order valence-electron chi connectivity index (χ4n) is 1.24. The number of allylic oxidation sites excluding steroid dienone is 1. The molecule has 1 unspecified atom stereocenters. The molecule has 0 aromatic heterocycles. The summed E-state index contributed by atoms with van der Waals surface area (Å²) < 4.78 is 13.1. The lowest BCUT2D eigenvalue weighted by Crippen LogP contribution is -2.41. The molecule has 0 aromatic carbocycles. The second kappa shape index (κ2) is 3.90. The van der Waals surface area contributed by atoms with Crippen LogP contribution < -0.4 is 0 Å². The van der Waals surface area contributed by atoms with Crippen molar-refractivity contribution in [3.8, 4) is 6.07 Å². The summed E-state index contributed by atoms with van der Waals surface area (Å²) >= 11 is 0. The van der Waals surface area contributed by atoms with Crippen LogP contribution in [-0.4, -0.2) is 35.4 Å². The highest BCUT2D eigenvalue weighted by Gasteiger charge is 2.26. The molecule has 0 spiro atoms. The summed E-state index contributed by atoms with van der Waals surface area (Å²) in [7, 11) is 0. The van der Waals surface area contributed by atoms with Crippen LogP contribution in [0.15, 0.2) is 11.6 Å². The highest BCUT2D eigenvalue weighted by molar-refractivity contribution is 5.65. The minimum absolute atomic E-state index is 0.164. The molecule has 0 aliphatic carbocycles. The van der Waals surface area contributed by atoms with Crippen LogP contribution in [0.25, 0.3) is 0 Å². The van der Waals surface area contributed by atoms with Gasteiger partial charge in [-0.25, -0.2) is 9.18 Å². The number of halogens is 1. The van der Waals surface area contributed by atoms with Crippen molar-refractivity contribution in [1.29, 1.82) is 5.26 Å². The Morgan fingerprint density at radius 1 is 1.85 bits per heavy atom. The molecule has 1 amide bonds. The number of alkyl halides is 1. The molecule has 0 saturated carbocycles. The molecule has 5 heteroatoms. The molecule has 1 N–H and O–H groups in total. The molecule has 70 valence electrons. The first kappa shape index (κ1) is 9.52. The first-order chi connectivity index (χ1) is 6.15. The van der Waals surface area contributed by atoms with Crippen LogP contribution in [0.4, 0.5) is 9.18 Å². The number of amides is 1. The zero-order valence-electron chi connectivity index (χ0n) is 6.90. The van der Waals surface area contributed by atoms with Gasteiger partial charge in [-0.1, -0.05) is 0 Å². The quantitative estimate of drug-likeness (QED) is 0.574. The summed E-state index contributed by atoms with van der Waals surface area (Å²) in [6, 6.07) is 1.74. The Morgan fingerprint density at radius 2 is 2.54 bits per heavy atom. The molecule has 1 fully saturated rings. The molecule has 4 nitrogen and oxygen atoms in total. The maximum atomic E-state index is 13.1. The van der Waals surface area contributed by atoms with E-state index in [1.807, 2.05) is 0 Å². The van der Waals surface area contributed by atoms with Gasteiger partial charge in [0.25, 0.3) is 0 Å². The Labute approximate surface area is 74.9 Å². The highest BCUT2D eigenvalue weighted by atomic mass is 19.1. The van der Waals surface area contributed by atoms with E-state index in [4.69, 9.17) is 10.4 Å². The van der Waals surface area contributed by atoms with Crippen LogP contribution in [0.1, 0.15) is 6.42 Å². The molecule has 1 aliphatic rings. The fraction of sp³-hybridized carbons (Fsp3) is 0.500. The van der Waals surface area contributed by atoms with Gasteiger partial charge in [0.15, 0.2) is 0 Å². The predicted octanol–water partition coefficient (Wildman–Crippen LogP) is 1.16. The molecule has 1 atom stereocenters. The topological polar surface area (TPSA) is 64.3 Å². The van der Waals surface area contributed by atoms with Crippen molar-refractivity contribution < 1.29 is 14.3 Å². The molecule has 1 heterocycles. The number of likely N-dealkylation sites (tertiary alicyclic amines) is 1. The number of nitriles is 1. The molecule has 0 radical (unpaired) electrons. The van der Waals surface area contributed by atoms with Crippen LogP contribution in [0.2, 0.25) is 0 Å². The third-order valence-corrected chi connectivity index (χ3v) is 1.97. The molecular weight excluding hydrogens is 175 g/mol. The van der Waals surface area contributed by atoms with E-state index in [-0.39, 0.29) is 13.1 Å². The second-order valence-corrected chi connectivity index (χ2v) is 2.79. The summed E-state index contributed by atoms with van der Waals surface area (Å²) in [6.45, 7) is 0.103. The number of rotatable bonds is 0. The molecule has 1 aliphatic heterocycles. The first-order valence-corrected chi connectivity index (χ1v) is 3.85. The van der Waals surface area contributed by atoms with E-state index in [0.717, 1.165) is 11.0 Å². The van der Waals surface area contributed by atoms with Gasteiger partial charge in [0.1, 0.15) is 6.17 Å². The number of carbonyl (C=O) groups is 1. The van der Waals surface area contributed by atoms with Crippen LogP contribution in [0, 0.1) is 11.3 Å². The van der Waals surface area contributed by atoms with Crippen molar-refractivity contribution in [2.75, 3.05) is 13.1 Å². The zero-order chi connectivity index (χ0) is 9.84. The van der Waals surface area contributed by atoms with Gasteiger partial charge in [0, 0.05) is 12.6 Å². The van der Waals surface area contributed by atoms with Crippen molar-refractivity contribution >= 4 is 6.09 Å². The second-order valence-electron chi connectivity index (χ2n) is 2.79. The SMILES string of the molecule is N#CC=C1CCN(C(=O)O)CC1F. The maximum Gasteiger partial charge on any atom is 0.407 e. The molecule has 1 rings (SSSR count). The van der Waals surface area contributed by atoms with Gasteiger partial charge in [0.05, 0.1) is 12.6 Å². The summed E-state index contributed by atoms with van der Waals surface area (Å²) in [5.74, 6) is 0. The van der Waals surface area contributed by atoms with E-state index in [2.05, 4.69) is 0 Å². The summed E-state index contributed by atoms with van der Waals surface area (Å²) in [5, 5.41) is 16.8. The number of hydrogen-bond donors (Lipinski definition) is 1. The normalized spacial score (nSPS) is 25.7. The third kappa shape index (κ3) is 2.18. The summed E-state index contributed by atoms with van der Waals surface area (Å²) in [6.07, 6.45) is -0.978. The molecule has 13 heavy (non-hydrogen) atoms. The van der Waals surface area contributed by atoms with Crippen LogP contribution in [-0.2, 0) is 0 Å².